The van der Waals surface area contributed by atoms with Crippen LogP contribution in [0.25, 0.3) is 0 Å². The first-order valence-corrected chi connectivity index (χ1v) is 12.3. The average Bonchev–Trinajstić information content (AvgIpc) is 3.25. The number of amides is 1. The van der Waals surface area contributed by atoms with Crippen molar-refractivity contribution < 1.29 is 17.9 Å². The van der Waals surface area contributed by atoms with Crippen molar-refractivity contribution >= 4 is 15.9 Å². The fraction of sp³-hybridized carbons (Fsp3) is 0.545. The number of hydrogen-bond donors (Lipinski definition) is 0. The molecule has 1 saturated heterocycles. The second kappa shape index (κ2) is 8.37. The Balaban J connectivity index is 1.56. The molecule has 2 aliphatic rings. The maximum Gasteiger partial charge on any atom is 0.253 e. The van der Waals surface area contributed by atoms with E-state index in [0.717, 1.165) is 11.4 Å². The van der Waals surface area contributed by atoms with Crippen LogP contribution in [0.15, 0.2) is 41.6 Å². The normalized spacial score (nSPS) is 21.1. The van der Waals surface area contributed by atoms with Crippen molar-refractivity contribution in [1.82, 2.24) is 18.8 Å². The lowest BCUT2D eigenvalue weighted by molar-refractivity contribution is -0.178. The van der Waals surface area contributed by atoms with E-state index in [-0.39, 0.29) is 5.91 Å². The lowest BCUT2D eigenvalue weighted by Gasteiger charge is -2.45. The molecule has 1 spiro atoms. The molecular weight excluding hydrogens is 416 g/mol. The highest BCUT2D eigenvalue weighted by Gasteiger charge is 2.49. The topological polar surface area (TPSA) is 84.7 Å². The molecule has 8 nitrogen and oxygen atoms in total. The SMILES string of the molecule is CCN(CC)C(=O)[C@@H]1Cn2ccnc2C2(CCN(S(=O)(=O)c3ccc(C)cc3)CC2)O1. The Morgan fingerprint density at radius 1 is 1.19 bits per heavy atom. The number of nitrogens with zero attached hydrogens (tertiary/aromatic N) is 4. The highest BCUT2D eigenvalue weighted by atomic mass is 32.2. The lowest BCUT2D eigenvalue weighted by Crippen LogP contribution is -2.55. The zero-order valence-corrected chi connectivity index (χ0v) is 19.1. The summed E-state index contributed by atoms with van der Waals surface area (Å²) >= 11 is 0. The van der Waals surface area contributed by atoms with Crippen LogP contribution >= 0.6 is 0 Å². The monoisotopic (exact) mass is 446 g/mol. The Morgan fingerprint density at radius 2 is 1.84 bits per heavy atom. The number of piperidine rings is 1. The zero-order valence-electron chi connectivity index (χ0n) is 18.3. The van der Waals surface area contributed by atoms with Crippen molar-refractivity contribution in [2.24, 2.45) is 0 Å². The first-order chi connectivity index (χ1) is 14.8. The van der Waals surface area contributed by atoms with E-state index in [0.29, 0.717) is 50.5 Å². The number of benzene rings is 1. The van der Waals surface area contributed by atoms with Crippen molar-refractivity contribution in [2.45, 2.75) is 56.8 Å². The highest BCUT2D eigenvalue weighted by molar-refractivity contribution is 7.89. The summed E-state index contributed by atoms with van der Waals surface area (Å²) in [5.74, 6) is 0.752. The quantitative estimate of drug-likeness (QED) is 0.703. The van der Waals surface area contributed by atoms with Crippen LogP contribution in [0.5, 0.6) is 0 Å². The van der Waals surface area contributed by atoms with Crippen LogP contribution in [0.2, 0.25) is 0 Å². The Hall–Kier alpha value is -2.23. The number of rotatable bonds is 5. The minimum atomic E-state index is -3.57. The van der Waals surface area contributed by atoms with Crippen LogP contribution in [-0.2, 0) is 31.7 Å². The Labute approximate surface area is 183 Å². The maximum atomic E-state index is 13.1. The van der Waals surface area contributed by atoms with Crippen molar-refractivity contribution in [2.75, 3.05) is 26.2 Å². The number of carbonyl (C=O) groups excluding carboxylic acids is 1. The molecule has 168 valence electrons. The number of ether oxygens (including phenoxy) is 1. The molecule has 3 heterocycles. The summed E-state index contributed by atoms with van der Waals surface area (Å²) in [7, 11) is -3.57. The van der Waals surface area contributed by atoms with Crippen molar-refractivity contribution in [1.29, 1.82) is 0 Å². The first-order valence-electron chi connectivity index (χ1n) is 10.9. The van der Waals surface area contributed by atoms with Crippen LogP contribution in [0, 0.1) is 6.92 Å². The summed E-state index contributed by atoms with van der Waals surface area (Å²) < 4.78 is 36.1. The van der Waals surface area contributed by atoms with E-state index in [1.165, 1.54) is 4.31 Å². The summed E-state index contributed by atoms with van der Waals surface area (Å²) in [5, 5.41) is 0. The van der Waals surface area contributed by atoms with Gasteiger partial charge >= 0.3 is 0 Å². The van der Waals surface area contributed by atoms with E-state index in [2.05, 4.69) is 4.98 Å². The summed E-state index contributed by atoms with van der Waals surface area (Å²) in [6.45, 7) is 8.15. The second-order valence-corrected chi connectivity index (χ2v) is 10.2. The first kappa shape index (κ1) is 22.0. The Kier molecular flexibility index (Phi) is 5.93. The molecular formula is C22H30N4O4S. The zero-order chi connectivity index (χ0) is 22.2. The third kappa shape index (κ3) is 3.90. The maximum absolute atomic E-state index is 13.1. The largest absolute Gasteiger partial charge is 0.352 e. The van der Waals surface area contributed by atoms with Gasteiger partial charge in [0.1, 0.15) is 11.4 Å². The van der Waals surface area contributed by atoms with Crippen LogP contribution in [0.4, 0.5) is 0 Å². The average molecular weight is 447 g/mol. The predicted octanol–water partition coefficient (Wildman–Crippen LogP) is 2.14. The third-order valence-corrected chi connectivity index (χ3v) is 8.31. The summed E-state index contributed by atoms with van der Waals surface area (Å²) in [6.07, 6.45) is 3.91. The molecule has 0 saturated carbocycles. The number of hydrogen-bond acceptors (Lipinski definition) is 5. The molecule has 9 heteroatoms. The molecule has 1 atom stereocenters. The van der Waals surface area contributed by atoms with E-state index in [4.69, 9.17) is 4.74 Å². The van der Waals surface area contributed by atoms with Gasteiger partial charge in [-0.05, 0) is 45.7 Å². The molecule has 1 amide bonds. The van der Waals surface area contributed by atoms with Gasteiger partial charge in [-0.25, -0.2) is 13.4 Å². The summed E-state index contributed by atoms with van der Waals surface area (Å²) in [4.78, 5) is 19.6. The van der Waals surface area contributed by atoms with Crippen molar-refractivity contribution in [3.63, 3.8) is 0 Å². The molecule has 0 N–H and O–H groups in total. The van der Waals surface area contributed by atoms with Crippen LogP contribution < -0.4 is 0 Å². The molecule has 4 rings (SSSR count). The van der Waals surface area contributed by atoms with Gasteiger partial charge in [0.2, 0.25) is 10.0 Å². The molecule has 0 bridgehead atoms. The number of sulfonamides is 1. The van der Waals surface area contributed by atoms with Gasteiger partial charge in [0.25, 0.3) is 5.91 Å². The van der Waals surface area contributed by atoms with E-state index >= 15 is 0 Å². The van der Waals surface area contributed by atoms with Gasteiger partial charge in [-0.3, -0.25) is 4.79 Å². The molecule has 1 aromatic carbocycles. The fourth-order valence-corrected chi connectivity index (χ4v) is 5.99. The van der Waals surface area contributed by atoms with Gasteiger partial charge in [0.05, 0.1) is 11.4 Å². The smallest absolute Gasteiger partial charge is 0.253 e. The minimum Gasteiger partial charge on any atom is -0.352 e. The Bertz CT molecular complexity index is 1040. The van der Waals surface area contributed by atoms with Crippen molar-refractivity contribution in [3.05, 3.63) is 48.0 Å². The number of fused-ring (bicyclic) bond motifs is 2. The van der Waals surface area contributed by atoms with Gasteiger partial charge in [0, 0.05) is 38.6 Å². The van der Waals surface area contributed by atoms with E-state index < -0.39 is 21.7 Å². The van der Waals surface area contributed by atoms with Gasteiger partial charge in [-0.2, -0.15) is 4.31 Å². The van der Waals surface area contributed by atoms with E-state index in [1.54, 1.807) is 23.2 Å². The third-order valence-electron chi connectivity index (χ3n) is 6.39. The van der Waals surface area contributed by atoms with Crippen LogP contribution in [0.1, 0.15) is 38.1 Å². The van der Waals surface area contributed by atoms with Gasteiger partial charge in [-0.15, -0.1) is 0 Å². The molecule has 0 radical (unpaired) electrons. The number of likely N-dealkylation sites (N-methyl/N-ethyl adjacent to an activating group) is 1. The summed E-state index contributed by atoms with van der Waals surface area (Å²) in [5.41, 5.74) is 0.261. The molecule has 0 unspecified atom stereocenters. The van der Waals surface area contributed by atoms with Crippen LogP contribution in [0.3, 0.4) is 0 Å². The summed E-state index contributed by atoms with van der Waals surface area (Å²) in [6, 6.07) is 6.92. The molecule has 1 aromatic heterocycles. The highest BCUT2D eigenvalue weighted by Crippen LogP contribution is 2.41. The van der Waals surface area contributed by atoms with Crippen LogP contribution in [-0.4, -0.2) is 65.4 Å². The minimum absolute atomic E-state index is 0.0292. The number of carbonyl (C=O) groups is 1. The molecule has 2 aromatic rings. The van der Waals surface area contributed by atoms with Gasteiger partial charge in [-0.1, -0.05) is 17.7 Å². The lowest BCUT2D eigenvalue weighted by atomic mass is 9.89. The predicted molar refractivity (Wildman–Crippen MR) is 116 cm³/mol. The second-order valence-electron chi connectivity index (χ2n) is 8.23. The number of imidazole rings is 1. The molecule has 1 fully saturated rings. The molecule has 31 heavy (non-hydrogen) atoms. The number of aromatic nitrogens is 2. The standard InChI is InChI=1S/C22H30N4O4S/c1-4-24(5-2)20(27)19-16-25-15-12-23-21(25)22(30-19)10-13-26(14-11-22)31(28,29)18-8-6-17(3)7-9-18/h6-9,12,15,19H,4-5,10-11,13-14,16H2,1-3H3/t19-/m0/s1. The van der Waals surface area contributed by atoms with E-state index in [9.17, 15) is 13.2 Å². The molecule has 2 aliphatic heterocycles. The van der Waals surface area contributed by atoms with E-state index in [1.807, 2.05) is 43.7 Å². The molecule has 0 aliphatic carbocycles. The number of aryl methyl sites for hydroxylation is 1. The van der Waals surface area contributed by atoms with Crippen molar-refractivity contribution in [3.8, 4) is 0 Å². The van der Waals surface area contributed by atoms with Gasteiger partial charge < -0.3 is 14.2 Å². The van der Waals surface area contributed by atoms with Gasteiger partial charge in [0.15, 0.2) is 6.10 Å². The fourth-order valence-electron chi connectivity index (χ4n) is 4.55. The Morgan fingerprint density at radius 3 is 2.45 bits per heavy atom.